The summed E-state index contributed by atoms with van der Waals surface area (Å²) in [4.78, 5) is 0. The van der Waals surface area contributed by atoms with Crippen LogP contribution in [0.4, 0.5) is 0 Å². The Morgan fingerprint density at radius 1 is 0.870 bits per heavy atom. The summed E-state index contributed by atoms with van der Waals surface area (Å²) in [5, 5.41) is 0. The molecule has 1 aliphatic rings. The third kappa shape index (κ3) is 4.99. The van der Waals surface area contributed by atoms with Crippen molar-refractivity contribution in [2.24, 2.45) is 40.9 Å². The Morgan fingerprint density at radius 3 is 1.96 bits per heavy atom. The van der Waals surface area contributed by atoms with Crippen LogP contribution in [0.1, 0.15) is 107 Å². The van der Waals surface area contributed by atoms with Crippen molar-refractivity contribution in [2.45, 2.75) is 107 Å². The van der Waals surface area contributed by atoms with Gasteiger partial charge in [-0.3, -0.25) is 0 Å². The Balaban J connectivity index is 2.80. The lowest BCUT2D eigenvalue weighted by atomic mass is 9.61. The van der Waals surface area contributed by atoms with Crippen molar-refractivity contribution in [3.8, 4) is 0 Å². The molecule has 138 valence electrons. The van der Waals surface area contributed by atoms with Gasteiger partial charge >= 0.3 is 0 Å². The summed E-state index contributed by atoms with van der Waals surface area (Å²) in [7, 11) is 0. The second-order valence-corrected chi connectivity index (χ2v) is 9.41. The summed E-state index contributed by atoms with van der Waals surface area (Å²) >= 11 is 0. The van der Waals surface area contributed by atoms with Crippen LogP contribution >= 0.6 is 0 Å². The molecule has 0 aromatic rings. The molecule has 0 spiro atoms. The zero-order valence-corrected chi connectivity index (χ0v) is 17.6. The highest BCUT2D eigenvalue weighted by Crippen LogP contribution is 2.58. The highest BCUT2D eigenvalue weighted by molar-refractivity contribution is 4.99. The summed E-state index contributed by atoms with van der Waals surface area (Å²) < 4.78 is 0. The van der Waals surface area contributed by atoms with Gasteiger partial charge in [0.1, 0.15) is 0 Å². The van der Waals surface area contributed by atoms with Gasteiger partial charge in [-0.1, -0.05) is 93.9 Å². The van der Waals surface area contributed by atoms with Crippen LogP contribution in [0.15, 0.2) is 0 Å². The molecule has 0 heterocycles. The zero-order valence-electron chi connectivity index (χ0n) is 17.6. The van der Waals surface area contributed by atoms with Crippen LogP contribution < -0.4 is 0 Å². The Labute approximate surface area is 148 Å². The van der Waals surface area contributed by atoms with Gasteiger partial charge in [-0.2, -0.15) is 0 Å². The van der Waals surface area contributed by atoms with Crippen molar-refractivity contribution >= 4 is 0 Å². The number of hydrogen-bond donors (Lipinski definition) is 0. The molecule has 0 aromatic heterocycles. The Hall–Kier alpha value is 0. The van der Waals surface area contributed by atoms with E-state index in [0.29, 0.717) is 5.41 Å². The number of rotatable bonds is 10. The van der Waals surface area contributed by atoms with Crippen LogP contribution in [-0.4, -0.2) is 0 Å². The molecule has 0 aliphatic heterocycles. The Morgan fingerprint density at radius 2 is 1.48 bits per heavy atom. The molecule has 6 unspecified atom stereocenters. The SMILES string of the molecule is CCC(C)C(CC)C1CCC(C(C)CCCC(C)C)C1(C)CC. The van der Waals surface area contributed by atoms with Gasteiger partial charge < -0.3 is 0 Å². The van der Waals surface area contributed by atoms with Gasteiger partial charge in [0.25, 0.3) is 0 Å². The molecular weight excluding hydrogens is 276 g/mol. The molecule has 23 heavy (non-hydrogen) atoms. The van der Waals surface area contributed by atoms with E-state index in [1.165, 1.54) is 51.4 Å². The minimum atomic E-state index is 0.585. The molecule has 1 aliphatic carbocycles. The minimum Gasteiger partial charge on any atom is -0.0651 e. The maximum Gasteiger partial charge on any atom is -0.0267 e. The molecule has 0 heteroatoms. The van der Waals surface area contributed by atoms with Crippen molar-refractivity contribution < 1.29 is 0 Å². The molecular formula is C23H46. The minimum absolute atomic E-state index is 0.585. The smallest absolute Gasteiger partial charge is 0.0267 e. The first-order chi connectivity index (χ1) is 10.8. The second kappa shape index (κ2) is 9.47. The second-order valence-electron chi connectivity index (χ2n) is 9.41. The highest BCUT2D eigenvalue weighted by Gasteiger charge is 2.49. The van der Waals surface area contributed by atoms with Gasteiger partial charge in [-0.25, -0.2) is 0 Å². The maximum atomic E-state index is 2.65. The van der Waals surface area contributed by atoms with Crippen LogP contribution in [0.25, 0.3) is 0 Å². The quantitative estimate of drug-likeness (QED) is 0.382. The lowest BCUT2D eigenvalue weighted by Crippen LogP contribution is -2.37. The van der Waals surface area contributed by atoms with Gasteiger partial charge in [-0.15, -0.1) is 0 Å². The lowest BCUT2D eigenvalue weighted by molar-refractivity contribution is 0.0487. The van der Waals surface area contributed by atoms with E-state index in [0.717, 1.165) is 35.5 Å². The number of hydrogen-bond acceptors (Lipinski definition) is 0. The molecule has 0 aromatic carbocycles. The van der Waals surface area contributed by atoms with Crippen LogP contribution in [0.5, 0.6) is 0 Å². The van der Waals surface area contributed by atoms with E-state index in [-0.39, 0.29) is 0 Å². The third-order valence-electron chi connectivity index (χ3n) is 7.74. The summed E-state index contributed by atoms with van der Waals surface area (Å²) in [6.07, 6.45) is 11.4. The summed E-state index contributed by atoms with van der Waals surface area (Å²) in [5.41, 5.74) is 0.585. The van der Waals surface area contributed by atoms with E-state index in [9.17, 15) is 0 Å². The molecule has 0 nitrogen and oxygen atoms in total. The topological polar surface area (TPSA) is 0 Å². The van der Waals surface area contributed by atoms with Crippen LogP contribution in [0.2, 0.25) is 0 Å². The van der Waals surface area contributed by atoms with E-state index in [1.54, 1.807) is 0 Å². The van der Waals surface area contributed by atoms with Crippen molar-refractivity contribution in [1.82, 2.24) is 0 Å². The van der Waals surface area contributed by atoms with Crippen molar-refractivity contribution in [2.75, 3.05) is 0 Å². The molecule has 0 amide bonds. The largest absolute Gasteiger partial charge is 0.0651 e. The molecule has 0 N–H and O–H groups in total. The van der Waals surface area contributed by atoms with Gasteiger partial charge in [0, 0.05) is 0 Å². The maximum absolute atomic E-state index is 2.65. The lowest BCUT2D eigenvalue weighted by Gasteiger charge is -2.44. The van der Waals surface area contributed by atoms with Gasteiger partial charge in [0.2, 0.25) is 0 Å². The molecule has 0 bridgehead atoms. The Bertz CT molecular complexity index is 318. The molecule has 0 radical (unpaired) electrons. The summed E-state index contributed by atoms with van der Waals surface area (Å²) in [6.45, 7) is 19.7. The van der Waals surface area contributed by atoms with Gasteiger partial charge in [-0.05, 0) is 53.8 Å². The normalized spacial score (nSPS) is 32.2. The fourth-order valence-corrected chi connectivity index (χ4v) is 5.89. The van der Waals surface area contributed by atoms with Gasteiger partial charge in [0.15, 0.2) is 0 Å². The highest BCUT2D eigenvalue weighted by atomic mass is 14.5. The van der Waals surface area contributed by atoms with Crippen molar-refractivity contribution in [3.05, 3.63) is 0 Å². The first-order valence-electron chi connectivity index (χ1n) is 10.8. The van der Waals surface area contributed by atoms with Crippen LogP contribution in [0, 0.1) is 40.9 Å². The molecule has 1 saturated carbocycles. The average Bonchev–Trinajstić information content (AvgIpc) is 2.85. The van der Waals surface area contributed by atoms with Crippen LogP contribution in [-0.2, 0) is 0 Å². The van der Waals surface area contributed by atoms with E-state index in [1.807, 2.05) is 0 Å². The standard InChI is InChI=1S/C23H46/c1-9-18(6)20(10-2)22-16-15-21(23(22,8)11-3)19(7)14-12-13-17(4)5/h17-22H,9-16H2,1-8H3. The zero-order chi connectivity index (χ0) is 17.6. The predicted octanol–water partition coefficient (Wildman–Crippen LogP) is 7.96. The van der Waals surface area contributed by atoms with Crippen molar-refractivity contribution in [1.29, 1.82) is 0 Å². The summed E-state index contributed by atoms with van der Waals surface area (Å²) in [5.74, 6) is 5.54. The molecule has 0 saturated heterocycles. The monoisotopic (exact) mass is 322 g/mol. The van der Waals surface area contributed by atoms with E-state index < -0.39 is 0 Å². The third-order valence-corrected chi connectivity index (χ3v) is 7.74. The fourth-order valence-electron chi connectivity index (χ4n) is 5.89. The van der Waals surface area contributed by atoms with Gasteiger partial charge in [0.05, 0.1) is 0 Å². The van der Waals surface area contributed by atoms with Crippen molar-refractivity contribution in [3.63, 3.8) is 0 Å². The summed E-state index contributed by atoms with van der Waals surface area (Å²) in [6, 6.07) is 0. The average molecular weight is 323 g/mol. The first-order valence-corrected chi connectivity index (χ1v) is 10.8. The predicted molar refractivity (Wildman–Crippen MR) is 106 cm³/mol. The molecule has 1 rings (SSSR count). The molecule has 1 fully saturated rings. The van der Waals surface area contributed by atoms with Crippen LogP contribution in [0.3, 0.4) is 0 Å². The first kappa shape index (κ1) is 21.0. The van der Waals surface area contributed by atoms with E-state index in [2.05, 4.69) is 55.4 Å². The van der Waals surface area contributed by atoms with E-state index >= 15 is 0 Å². The Kier molecular flexibility index (Phi) is 8.67. The fraction of sp³-hybridized carbons (Fsp3) is 1.00. The van der Waals surface area contributed by atoms with E-state index in [4.69, 9.17) is 0 Å². The molecule has 6 atom stereocenters.